The van der Waals surface area contributed by atoms with Crippen molar-refractivity contribution in [3.05, 3.63) is 35.4 Å². The summed E-state index contributed by atoms with van der Waals surface area (Å²) < 4.78 is 23.9. The second-order valence-corrected chi connectivity index (χ2v) is 8.83. The Morgan fingerprint density at radius 3 is 2.35 bits per heavy atom. The molecule has 0 saturated heterocycles. The monoisotopic (exact) mass is 383 g/mol. The number of rotatable bonds is 9. The summed E-state index contributed by atoms with van der Waals surface area (Å²) in [4.78, 5) is 24.9. The Morgan fingerprint density at radius 1 is 1.19 bits per heavy atom. The van der Waals surface area contributed by atoms with Crippen molar-refractivity contribution in [2.45, 2.75) is 33.2 Å². The first-order chi connectivity index (χ1) is 12.0. The molecule has 0 aliphatic heterocycles. The van der Waals surface area contributed by atoms with E-state index in [1.54, 1.807) is 12.1 Å². The van der Waals surface area contributed by atoms with Crippen LogP contribution in [0.4, 0.5) is 0 Å². The van der Waals surface area contributed by atoms with E-state index in [0.717, 1.165) is 11.8 Å². The molecule has 1 atom stereocenters. The summed E-state index contributed by atoms with van der Waals surface area (Å²) in [5, 5.41) is 5.56. The van der Waals surface area contributed by atoms with Crippen molar-refractivity contribution in [3.8, 4) is 0 Å². The first-order valence-electron chi connectivity index (χ1n) is 8.59. The Hall–Kier alpha value is -1.93. The Bertz CT molecular complexity index is 732. The summed E-state index contributed by atoms with van der Waals surface area (Å²) in [6.45, 7) is 6.22. The molecule has 7 nitrogen and oxygen atoms in total. The van der Waals surface area contributed by atoms with Crippen LogP contribution in [0, 0.1) is 12.8 Å². The van der Waals surface area contributed by atoms with Gasteiger partial charge in [0.05, 0.1) is 6.26 Å². The molecule has 0 aliphatic carbocycles. The molecule has 26 heavy (non-hydrogen) atoms. The lowest BCUT2D eigenvalue weighted by molar-refractivity contribution is -0.123. The molecule has 2 amide bonds. The molecule has 0 fully saturated rings. The molecule has 146 valence electrons. The predicted octanol–water partition coefficient (Wildman–Crippen LogP) is 1.15. The standard InChI is InChI=1S/C18H29N3O4S/c1-13(2)16(20-17(22)15-10-7-6-9-14(15)3)18(23)19-11-8-12-21(4)26(5,24)25/h6-7,9-10,13,16H,8,11-12H2,1-5H3,(H,19,23)(H,20,22). The van der Waals surface area contributed by atoms with Gasteiger partial charge < -0.3 is 10.6 Å². The van der Waals surface area contributed by atoms with Crippen LogP contribution in [0.2, 0.25) is 0 Å². The van der Waals surface area contributed by atoms with E-state index < -0.39 is 16.1 Å². The Kier molecular flexibility index (Phi) is 8.23. The summed E-state index contributed by atoms with van der Waals surface area (Å²) >= 11 is 0. The molecule has 0 saturated carbocycles. The molecule has 0 radical (unpaired) electrons. The highest BCUT2D eigenvalue weighted by Crippen LogP contribution is 2.09. The van der Waals surface area contributed by atoms with Gasteiger partial charge >= 0.3 is 0 Å². The van der Waals surface area contributed by atoms with Crippen LogP contribution in [0.5, 0.6) is 0 Å². The number of carbonyl (C=O) groups is 2. The third-order valence-corrected chi connectivity index (χ3v) is 5.46. The van der Waals surface area contributed by atoms with Gasteiger partial charge in [0, 0.05) is 25.7 Å². The quantitative estimate of drug-likeness (QED) is 0.625. The molecule has 1 aromatic rings. The van der Waals surface area contributed by atoms with E-state index in [4.69, 9.17) is 0 Å². The van der Waals surface area contributed by atoms with Gasteiger partial charge in [-0.3, -0.25) is 9.59 Å². The molecular weight excluding hydrogens is 354 g/mol. The van der Waals surface area contributed by atoms with Crippen LogP contribution >= 0.6 is 0 Å². The van der Waals surface area contributed by atoms with Crippen LogP contribution in [0.3, 0.4) is 0 Å². The Labute approximate surface area is 156 Å². The number of hydrogen-bond donors (Lipinski definition) is 2. The van der Waals surface area contributed by atoms with Crippen molar-refractivity contribution in [3.63, 3.8) is 0 Å². The van der Waals surface area contributed by atoms with E-state index in [9.17, 15) is 18.0 Å². The van der Waals surface area contributed by atoms with Crippen molar-refractivity contribution < 1.29 is 18.0 Å². The van der Waals surface area contributed by atoms with Crippen LogP contribution in [0.1, 0.15) is 36.2 Å². The Morgan fingerprint density at radius 2 is 1.81 bits per heavy atom. The lowest BCUT2D eigenvalue weighted by Gasteiger charge is -2.22. The molecule has 0 aromatic heterocycles. The molecule has 1 unspecified atom stereocenters. The van der Waals surface area contributed by atoms with E-state index in [2.05, 4.69) is 10.6 Å². The fourth-order valence-corrected chi connectivity index (χ4v) is 2.83. The summed E-state index contributed by atoms with van der Waals surface area (Å²) in [5.74, 6) is -0.639. The number of nitrogens with zero attached hydrogens (tertiary/aromatic N) is 1. The number of sulfonamides is 1. The highest BCUT2D eigenvalue weighted by Gasteiger charge is 2.24. The first-order valence-corrected chi connectivity index (χ1v) is 10.4. The molecule has 0 aliphatic rings. The molecule has 1 aromatic carbocycles. The SMILES string of the molecule is Cc1ccccc1C(=O)NC(C(=O)NCCCN(C)S(C)(=O)=O)C(C)C. The highest BCUT2D eigenvalue weighted by molar-refractivity contribution is 7.88. The molecule has 2 N–H and O–H groups in total. The van der Waals surface area contributed by atoms with E-state index in [1.165, 1.54) is 11.4 Å². The van der Waals surface area contributed by atoms with Gasteiger partial charge in [-0.15, -0.1) is 0 Å². The highest BCUT2D eigenvalue weighted by atomic mass is 32.2. The van der Waals surface area contributed by atoms with Crippen molar-refractivity contribution in [2.75, 3.05) is 26.4 Å². The Balaban J connectivity index is 2.60. The van der Waals surface area contributed by atoms with Gasteiger partial charge in [-0.2, -0.15) is 0 Å². The van der Waals surface area contributed by atoms with Crippen LogP contribution in [-0.2, 0) is 14.8 Å². The maximum Gasteiger partial charge on any atom is 0.252 e. The lowest BCUT2D eigenvalue weighted by Crippen LogP contribution is -2.50. The van der Waals surface area contributed by atoms with Gasteiger partial charge in [-0.05, 0) is 30.9 Å². The van der Waals surface area contributed by atoms with Crippen molar-refractivity contribution in [1.82, 2.24) is 14.9 Å². The number of benzene rings is 1. The largest absolute Gasteiger partial charge is 0.354 e. The normalized spacial score (nSPS) is 12.9. The van der Waals surface area contributed by atoms with Crippen molar-refractivity contribution in [2.24, 2.45) is 5.92 Å². The summed E-state index contributed by atoms with van der Waals surface area (Å²) in [5.41, 5.74) is 1.39. The van der Waals surface area contributed by atoms with Crippen LogP contribution in [0.15, 0.2) is 24.3 Å². The topological polar surface area (TPSA) is 95.6 Å². The van der Waals surface area contributed by atoms with Gasteiger partial charge in [0.15, 0.2) is 0 Å². The van der Waals surface area contributed by atoms with Gasteiger partial charge in [-0.1, -0.05) is 32.0 Å². The van der Waals surface area contributed by atoms with Crippen molar-refractivity contribution in [1.29, 1.82) is 0 Å². The fraction of sp³-hybridized carbons (Fsp3) is 0.556. The lowest BCUT2D eigenvalue weighted by atomic mass is 10.0. The van der Waals surface area contributed by atoms with Gasteiger partial charge in [-0.25, -0.2) is 12.7 Å². The molecular formula is C18H29N3O4S. The number of carbonyl (C=O) groups excluding carboxylic acids is 2. The van der Waals surface area contributed by atoms with Crippen molar-refractivity contribution >= 4 is 21.8 Å². The zero-order valence-corrected chi connectivity index (χ0v) is 16.9. The fourth-order valence-electron chi connectivity index (χ4n) is 2.37. The minimum Gasteiger partial charge on any atom is -0.354 e. The zero-order valence-electron chi connectivity index (χ0n) is 16.1. The van der Waals surface area contributed by atoms with Gasteiger partial charge in [0.25, 0.3) is 5.91 Å². The van der Waals surface area contributed by atoms with Crippen LogP contribution < -0.4 is 10.6 Å². The molecule has 0 heterocycles. The second-order valence-electron chi connectivity index (χ2n) is 6.74. The zero-order chi connectivity index (χ0) is 19.9. The molecule has 0 spiro atoms. The maximum absolute atomic E-state index is 12.4. The van der Waals surface area contributed by atoms with Gasteiger partial charge in [0.2, 0.25) is 15.9 Å². The average molecular weight is 384 g/mol. The van der Waals surface area contributed by atoms with E-state index in [1.807, 2.05) is 32.9 Å². The first kappa shape index (κ1) is 22.1. The smallest absolute Gasteiger partial charge is 0.252 e. The minimum absolute atomic E-state index is 0.0818. The summed E-state index contributed by atoms with van der Waals surface area (Å²) in [7, 11) is -1.72. The van der Waals surface area contributed by atoms with E-state index in [0.29, 0.717) is 25.1 Å². The maximum atomic E-state index is 12.4. The summed E-state index contributed by atoms with van der Waals surface area (Å²) in [6, 6.07) is 6.55. The minimum atomic E-state index is -3.22. The average Bonchev–Trinajstić information content (AvgIpc) is 2.55. The van der Waals surface area contributed by atoms with Crippen LogP contribution in [0.25, 0.3) is 0 Å². The number of nitrogens with one attached hydrogen (secondary N) is 2. The second kappa shape index (κ2) is 9.68. The molecule has 0 bridgehead atoms. The van der Waals surface area contributed by atoms with Crippen LogP contribution in [-0.4, -0.2) is 57.0 Å². The number of aryl methyl sites for hydroxylation is 1. The molecule has 1 rings (SSSR count). The third kappa shape index (κ3) is 6.76. The summed E-state index contributed by atoms with van der Waals surface area (Å²) in [6.07, 6.45) is 1.63. The third-order valence-electron chi connectivity index (χ3n) is 4.14. The number of hydrogen-bond acceptors (Lipinski definition) is 4. The van der Waals surface area contributed by atoms with E-state index >= 15 is 0 Å². The van der Waals surface area contributed by atoms with Gasteiger partial charge in [0.1, 0.15) is 6.04 Å². The number of amides is 2. The predicted molar refractivity (Wildman–Crippen MR) is 102 cm³/mol. The molecule has 8 heteroatoms. The van der Waals surface area contributed by atoms with E-state index in [-0.39, 0.29) is 17.7 Å².